The van der Waals surface area contributed by atoms with E-state index in [1.807, 2.05) is 13.8 Å². The molecule has 18 heavy (non-hydrogen) atoms. The second kappa shape index (κ2) is 7.74. The zero-order valence-corrected chi connectivity index (χ0v) is 12.0. The minimum Gasteiger partial charge on any atom is -0.354 e. The Morgan fingerprint density at radius 3 is 2.39 bits per heavy atom. The molecule has 0 aliphatic carbocycles. The highest BCUT2D eigenvalue weighted by Gasteiger charge is 2.29. The van der Waals surface area contributed by atoms with Crippen molar-refractivity contribution in [1.82, 2.24) is 10.2 Å². The smallest absolute Gasteiger partial charge is 0.240 e. The first kappa shape index (κ1) is 15.4. The fourth-order valence-corrected chi connectivity index (χ4v) is 2.43. The second-order valence-electron chi connectivity index (χ2n) is 5.38. The van der Waals surface area contributed by atoms with Gasteiger partial charge >= 0.3 is 0 Å². The molecule has 1 amide bonds. The first-order valence-electron chi connectivity index (χ1n) is 7.42. The van der Waals surface area contributed by atoms with Crippen LogP contribution in [0.3, 0.4) is 0 Å². The maximum atomic E-state index is 11.9. The molecule has 0 bridgehead atoms. The van der Waals surface area contributed by atoms with Crippen molar-refractivity contribution in [2.24, 2.45) is 5.73 Å². The molecule has 0 aromatic carbocycles. The third-order valence-corrected chi connectivity index (χ3v) is 4.10. The van der Waals surface area contributed by atoms with Crippen molar-refractivity contribution in [3.63, 3.8) is 0 Å². The number of carbonyl (C=O) groups is 1. The van der Waals surface area contributed by atoms with Gasteiger partial charge in [-0.3, -0.25) is 4.79 Å². The largest absolute Gasteiger partial charge is 0.354 e. The quantitative estimate of drug-likeness (QED) is 0.678. The number of amides is 1. The molecule has 1 rings (SSSR count). The SMILES string of the molecule is CCC(N)(CC)C(=O)NCCCN1CCCCC1. The summed E-state index contributed by atoms with van der Waals surface area (Å²) >= 11 is 0. The van der Waals surface area contributed by atoms with Crippen molar-refractivity contribution < 1.29 is 4.79 Å². The molecule has 1 aliphatic heterocycles. The van der Waals surface area contributed by atoms with Crippen LogP contribution in [0.25, 0.3) is 0 Å². The summed E-state index contributed by atoms with van der Waals surface area (Å²) in [5.41, 5.74) is 5.37. The van der Waals surface area contributed by atoms with Crippen molar-refractivity contribution >= 4 is 5.91 Å². The van der Waals surface area contributed by atoms with Crippen LogP contribution in [0.4, 0.5) is 0 Å². The van der Waals surface area contributed by atoms with Crippen LogP contribution in [0.15, 0.2) is 0 Å². The fourth-order valence-electron chi connectivity index (χ4n) is 2.43. The van der Waals surface area contributed by atoms with E-state index in [4.69, 9.17) is 5.73 Å². The molecule has 0 spiro atoms. The number of nitrogens with one attached hydrogen (secondary N) is 1. The van der Waals surface area contributed by atoms with E-state index in [0.717, 1.165) is 19.5 Å². The van der Waals surface area contributed by atoms with Crippen LogP contribution in [0, 0.1) is 0 Å². The van der Waals surface area contributed by atoms with Crippen LogP contribution in [-0.2, 0) is 4.79 Å². The first-order valence-corrected chi connectivity index (χ1v) is 7.42. The number of hydrogen-bond donors (Lipinski definition) is 2. The van der Waals surface area contributed by atoms with E-state index in [1.54, 1.807) is 0 Å². The van der Waals surface area contributed by atoms with Crippen molar-refractivity contribution in [2.45, 2.75) is 57.9 Å². The number of rotatable bonds is 7. The van der Waals surface area contributed by atoms with E-state index < -0.39 is 5.54 Å². The Morgan fingerprint density at radius 2 is 1.83 bits per heavy atom. The van der Waals surface area contributed by atoms with Crippen LogP contribution in [0.1, 0.15) is 52.4 Å². The summed E-state index contributed by atoms with van der Waals surface area (Å²) in [4.78, 5) is 14.4. The molecule has 0 unspecified atom stereocenters. The highest BCUT2D eigenvalue weighted by Crippen LogP contribution is 2.11. The van der Waals surface area contributed by atoms with Gasteiger partial charge in [-0.25, -0.2) is 0 Å². The number of likely N-dealkylation sites (tertiary alicyclic amines) is 1. The zero-order valence-electron chi connectivity index (χ0n) is 12.0. The lowest BCUT2D eigenvalue weighted by Gasteiger charge is -2.27. The summed E-state index contributed by atoms with van der Waals surface area (Å²) in [5, 5.41) is 2.97. The minimum absolute atomic E-state index is 0.00569. The van der Waals surface area contributed by atoms with Gasteiger partial charge in [-0.15, -0.1) is 0 Å². The Bertz CT molecular complexity index is 245. The first-order chi connectivity index (χ1) is 8.62. The van der Waals surface area contributed by atoms with Crippen molar-refractivity contribution in [2.75, 3.05) is 26.2 Å². The lowest BCUT2D eigenvalue weighted by molar-refractivity contribution is -0.126. The molecule has 0 atom stereocenters. The molecule has 1 fully saturated rings. The molecular formula is C14H29N3O. The normalized spacial score (nSPS) is 17.7. The van der Waals surface area contributed by atoms with Crippen LogP contribution in [-0.4, -0.2) is 42.5 Å². The average molecular weight is 255 g/mol. The van der Waals surface area contributed by atoms with E-state index in [0.29, 0.717) is 12.8 Å². The molecule has 0 saturated carbocycles. The van der Waals surface area contributed by atoms with E-state index in [9.17, 15) is 4.79 Å². The van der Waals surface area contributed by atoms with Crippen LogP contribution in [0.5, 0.6) is 0 Å². The van der Waals surface area contributed by atoms with Gasteiger partial charge in [0.05, 0.1) is 5.54 Å². The third kappa shape index (κ3) is 4.58. The van der Waals surface area contributed by atoms with Gasteiger partial charge in [0, 0.05) is 6.54 Å². The number of nitrogens with two attached hydrogens (primary N) is 1. The molecule has 4 heteroatoms. The summed E-state index contributed by atoms with van der Waals surface area (Å²) in [6, 6.07) is 0. The van der Waals surface area contributed by atoms with Gasteiger partial charge in [-0.2, -0.15) is 0 Å². The molecule has 0 radical (unpaired) electrons. The highest BCUT2D eigenvalue weighted by atomic mass is 16.2. The third-order valence-electron chi connectivity index (χ3n) is 4.10. The zero-order chi connectivity index (χ0) is 13.4. The van der Waals surface area contributed by atoms with Crippen LogP contribution < -0.4 is 11.1 Å². The number of hydrogen-bond acceptors (Lipinski definition) is 3. The van der Waals surface area contributed by atoms with Crippen molar-refractivity contribution in [3.8, 4) is 0 Å². The van der Waals surface area contributed by atoms with Crippen molar-refractivity contribution in [3.05, 3.63) is 0 Å². The topological polar surface area (TPSA) is 58.4 Å². The lowest BCUT2D eigenvalue weighted by Crippen LogP contribution is -2.53. The van der Waals surface area contributed by atoms with Crippen LogP contribution in [0.2, 0.25) is 0 Å². The van der Waals surface area contributed by atoms with E-state index in [2.05, 4.69) is 10.2 Å². The predicted molar refractivity (Wildman–Crippen MR) is 75.4 cm³/mol. The maximum Gasteiger partial charge on any atom is 0.240 e. The van der Waals surface area contributed by atoms with E-state index in [-0.39, 0.29) is 5.91 Å². The lowest BCUT2D eigenvalue weighted by atomic mass is 9.93. The second-order valence-corrected chi connectivity index (χ2v) is 5.38. The van der Waals surface area contributed by atoms with E-state index >= 15 is 0 Å². The standard InChI is InChI=1S/C14H29N3O/c1-3-14(15,4-2)13(18)16-9-8-12-17-10-6-5-7-11-17/h3-12,15H2,1-2H3,(H,16,18). The molecule has 0 aromatic rings. The molecule has 3 N–H and O–H groups in total. The molecule has 1 saturated heterocycles. The summed E-state index contributed by atoms with van der Waals surface area (Å²) in [6.45, 7) is 8.22. The molecule has 1 aliphatic rings. The van der Waals surface area contributed by atoms with Gasteiger partial charge in [-0.05, 0) is 51.7 Å². The Labute approximate surface area is 111 Å². The Hall–Kier alpha value is -0.610. The van der Waals surface area contributed by atoms with Crippen LogP contribution >= 0.6 is 0 Å². The van der Waals surface area contributed by atoms with Gasteiger partial charge in [0.1, 0.15) is 0 Å². The molecular weight excluding hydrogens is 226 g/mol. The summed E-state index contributed by atoms with van der Waals surface area (Å²) in [5.74, 6) is 0.00569. The Kier molecular flexibility index (Phi) is 6.65. The highest BCUT2D eigenvalue weighted by molar-refractivity contribution is 5.85. The molecule has 0 aromatic heterocycles. The molecule has 4 nitrogen and oxygen atoms in total. The fraction of sp³-hybridized carbons (Fsp3) is 0.929. The number of carbonyl (C=O) groups excluding carboxylic acids is 1. The Balaban J connectivity index is 2.15. The summed E-state index contributed by atoms with van der Waals surface area (Å²) < 4.78 is 0. The number of piperidine rings is 1. The molecule has 1 heterocycles. The van der Waals surface area contributed by atoms with Gasteiger partial charge in [-0.1, -0.05) is 20.3 Å². The predicted octanol–water partition coefficient (Wildman–Crippen LogP) is 1.50. The van der Waals surface area contributed by atoms with E-state index in [1.165, 1.54) is 32.4 Å². The van der Waals surface area contributed by atoms with Gasteiger partial charge in [0.25, 0.3) is 0 Å². The van der Waals surface area contributed by atoms with Gasteiger partial charge < -0.3 is 16.0 Å². The van der Waals surface area contributed by atoms with Gasteiger partial charge in [0.15, 0.2) is 0 Å². The maximum absolute atomic E-state index is 11.9. The number of nitrogens with zero attached hydrogens (tertiary/aromatic N) is 1. The average Bonchev–Trinajstić information content (AvgIpc) is 2.43. The van der Waals surface area contributed by atoms with Crippen molar-refractivity contribution in [1.29, 1.82) is 0 Å². The Morgan fingerprint density at radius 1 is 1.22 bits per heavy atom. The van der Waals surface area contributed by atoms with Gasteiger partial charge in [0.2, 0.25) is 5.91 Å². The molecule has 106 valence electrons. The summed E-state index contributed by atoms with van der Waals surface area (Å²) in [6.07, 6.45) is 6.43. The monoisotopic (exact) mass is 255 g/mol. The summed E-state index contributed by atoms with van der Waals surface area (Å²) in [7, 11) is 0. The minimum atomic E-state index is -0.675.